The van der Waals surface area contributed by atoms with Gasteiger partial charge in [0, 0.05) is 0 Å². The molecule has 0 aliphatic heterocycles. The summed E-state index contributed by atoms with van der Waals surface area (Å²) >= 11 is 0. The SMILES string of the molecule is CCOC(=O)c1c(F)ccc(N)c1F. The van der Waals surface area contributed by atoms with Gasteiger partial charge in [0.05, 0.1) is 12.3 Å². The second-order valence-corrected chi connectivity index (χ2v) is 2.55. The summed E-state index contributed by atoms with van der Waals surface area (Å²) in [6, 6.07) is 1.97. The highest BCUT2D eigenvalue weighted by molar-refractivity contribution is 5.91. The number of halogens is 2. The Morgan fingerprint density at radius 3 is 2.71 bits per heavy atom. The average Bonchev–Trinajstić information content (AvgIpc) is 2.13. The van der Waals surface area contributed by atoms with Crippen molar-refractivity contribution in [2.45, 2.75) is 6.92 Å². The van der Waals surface area contributed by atoms with Crippen LogP contribution in [0.4, 0.5) is 14.5 Å². The van der Waals surface area contributed by atoms with Crippen molar-refractivity contribution in [3.8, 4) is 0 Å². The molecule has 2 N–H and O–H groups in total. The lowest BCUT2D eigenvalue weighted by Gasteiger charge is -2.05. The van der Waals surface area contributed by atoms with E-state index in [2.05, 4.69) is 4.74 Å². The maximum atomic E-state index is 13.2. The van der Waals surface area contributed by atoms with Crippen LogP contribution in [0.15, 0.2) is 12.1 Å². The van der Waals surface area contributed by atoms with E-state index in [0.29, 0.717) is 0 Å². The number of nitrogen functional groups attached to an aromatic ring is 1. The van der Waals surface area contributed by atoms with E-state index in [9.17, 15) is 13.6 Å². The Labute approximate surface area is 79.5 Å². The van der Waals surface area contributed by atoms with Crippen molar-refractivity contribution in [2.24, 2.45) is 0 Å². The fourth-order valence-corrected chi connectivity index (χ4v) is 0.959. The molecular weight excluding hydrogens is 192 g/mol. The summed E-state index contributed by atoms with van der Waals surface area (Å²) in [6.45, 7) is 1.59. The number of ether oxygens (including phenoxy) is 1. The Kier molecular flexibility index (Phi) is 3.01. The van der Waals surface area contributed by atoms with Gasteiger partial charge in [0.1, 0.15) is 11.4 Å². The first-order valence-corrected chi connectivity index (χ1v) is 3.98. The molecular formula is C9H9F2NO2. The van der Waals surface area contributed by atoms with Gasteiger partial charge in [-0.15, -0.1) is 0 Å². The summed E-state index contributed by atoms with van der Waals surface area (Å²) in [6.07, 6.45) is 0. The molecule has 0 heterocycles. The van der Waals surface area contributed by atoms with Gasteiger partial charge >= 0.3 is 5.97 Å². The van der Waals surface area contributed by atoms with Crippen LogP contribution in [0.5, 0.6) is 0 Å². The first kappa shape index (κ1) is 10.4. The third-order valence-corrected chi connectivity index (χ3v) is 1.60. The van der Waals surface area contributed by atoms with Crippen LogP contribution in [0.3, 0.4) is 0 Å². The van der Waals surface area contributed by atoms with E-state index in [1.807, 2.05) is 0 Å². The number of anilines is 1. The standard InChI is InChI=1S/C9H9F2NO2/c1-2-14-9(13)7-5(10)3-4-6(12)8(7)11/h3-4H,2,12H2,1H3. The van der Waals surface area contributed by atoms with Crippen molar-refractivity contribution in [1.29, 1.82) is 0 Å². The maximum Gasteiger partial charge on any atom is 0.344 e. The van der Waals surface area contributed by atoms with Crippen molar-refractivity contribution >= 4 is 11.7 Å². The summed E-state index contributed by atoms with van der Waals surface area (Å²) in [5.41, 5.74) is 4.15. The van der Waals surface area contributed by atoms with Crippen LogP contribution < -0.4 is 5.73 Å². The normalized spacial score (nSPS) is 9.93. The Morgan fingerprint density at radius 2 is 2.14 bits per heavy atom. The van der Waals surface area contributed by atoms with Crippen LogP contribution in [-0.4, -0.2) is 12.6 Å². The molecule has 1 aromatic rings. The maximum absolute atomic E-state index is 13.2. The van der Waals surface area contributed by atoms with E-state index in [1.54, 1.807) is 6.92 Å². The van der Waals surface area contributed by atoms with Crippen LogP contribution in [0, 0.1) is 11.6 Å². The van der Waals surface area contributed by atoms with Gasteiger partial charge in [-0.25, -0.2) is 13.6 Å². The van der Waals surface area contributed by atoms with Crippen molar-refractivity contribution < 1.29 is 18.3 Å². The molecule has 14 heavy (non-hydrogen) atoms. The highest BCUT2D eigenvalue weighted by Crippen LogP contribution is 2.19. The lowest BCUT2D eigenvalue weighted by Crippen LogP contribution is -2.11. The van der Waals surface area contributed by atoms with E-state index < -0.39 is 23.2 Å². The first-order chi connectivity index (χ1) is 6.57. The molecule has 76 valence electrons. The highest BCUT2D eigenvalue weighted by Gasteiger charge is 2.20. The Morgan fingerprint density at radius 1 is 1.50 bits per heavy atom. The minimum atomic E-state index is -1.08. The number of esters is 1. The summed E-state index contributed by atoms with van der Waals surface area (Å²) in [7, 11) is 0. The minimum Gasteiger partial charge on any atom is -0.462 e. The first-order valence-electron chi connectivity index (χ1n) is 3.98. The molecule has 0 fully saturated rings. The monoisotopic (exact) mass is 201 g/mol. The molecule has 0 saturated heterocycles. The van der Waals surface area contributed by atoms with Crippen LogP contribution in [-0.2, 0) is 4.74 Å². The Hall–Kier alpha value is -1.65. The minimum absolute atomic E-state index is 0.0481. The number of benzene rings is 1. The highest BCUT2D eigenvalue weighted by atomic mass is 19.1. The van der Waals surface area contributed by atoms with Crippen LogP contribution in [0.25, 0.3) is 0 Å². The van der Waals surface area contributed by atoms with Gasteiger partial charge in [0.25, 0.3) is 0 Å². The molecule has 3 nitrogen and oxygen atoms in total. The number of hydrogen-bond acceptors (Lipinski definition) is 3. The molecule has 0 amide bonds. The molecule has 0 saturated carbocycles. The van der Waals surface area contributed by atoms with Gasteiger partial charge in [-0.3, -0.25) is 0 Å². The molecule has 0 aliphatic rings. The van der Waals surface area contributed by atoms with Gasteiger partial charge in [0.15, 0.2) is 5.82 Å². The molecule has 0 aromatic heterocycles. The Bertz CT molecular complexity index is 366. The van der Waals surface area contributed by atoms with Gasteiger partial charge in [-0.05, 0) is 19.1 Å². The van der Waals surface area contributed by atoms with Gasteiger partial charge in [-0.1, -0.05) is 0 Å². The van der Waals surface area contributed by atoms with Crippen molar-refractivity contribution in [3.63, 3.8) is 0 Å². The van der Waals surface area contributed by atoms with Gasteiger partial charge in [0.2, 0.25) is 0 Å². The van der Waals surface area contributed by atoms with Gasteiger partial charge in [-0.2, -0.15) is 0 Å². The molecule has 1 rings (SSSR count). The second-order valence-electron chi connectivity index (χ2n) is 2.55. The van der Waals surface area contributed by atoms with Crippen LogP contribution in [0.2, 0.25) is 0 Å². The third kappa shape index (κ3) is 1.81. The zero-order valence-electron chi connectivity index (χ0n) is 7.51. The summed E-state index contributed by atoms with van der Waals surface area (Å²) in [4.78, 5) is 11.1. The molecule has 0 spiro atoms. The largest absolute Gasteiger partial charge is 0.462 e. The smallest absolute Gasteiger partial charge is 0.344 e. The number of carbonyl (C=O) groups is 1. The van der Waals surface area contributed by atoms with Crippen molar-refractivity contribution in [1.82, 2.24) is 0 Å². The van der Waals surface area contributed by atoms with Crippen LogP contribution in [0.1, 0.15) is 17.3 Å². The Balaban J connectivity index is 3.18. The number of carbonyl (C=O) groups excluding carboxylic acids is 1. The van der Waals surface area contributed by atoms with E-state index in [1.165, 1.54) is 0 Å². The summed E-state index contributed by atoms with van der Waals surface area (Å²) < 4.78 is 30.6. The zero-order chi connectivity index (χ0) is 10.7. The quantitative estimate of drug-likeness (QED) is 0.585. The van der Waals surface area contributed by atoms with E-state index in [0.717, 1.165) is 12.1 Å². The average molecular weight is 201 g/mol. The van der Waals surface area contributed by atoms with Crippen molar-refractivity contribution in [3.05, 3.63) is 29.3 Å². The van der Waals surface area contributed by atoms with E-state index in [-0.39, 0.29) is 12.3 Å². The molecule has 1 aromatic carbocycles. The molecule has 0 bridgehead atoms. The summed E-state index contributed by atoms with van der Waals surface area (Å²) in [5, 5.41) is 0. The molecule has 0 radical (unpaired) electrons. The zero-order valence-corrected chi connectivity index (χ0v) is 7.51. The van der Waals surface area contributed by atoms with E-state index in [4.69, 9.17) is 5.73 Å². The predicted octanol–water partition coefficient (Wildman–Crippen LogP) is 1.72. The fraction of sp³-hybridized carbons (Fsp3) is 0.222. The molecule has 0 unspecified atom stereocenters. The van der Waals surface area contributed by atoms with Gasteiger partial charge < -0.3 is 10.5 Å². The van der Waals surface area contributed by atoms with Crippen LogP contribution >= 0.6 is 0 Å². The third-order valence-electron chi connectivity index (χ3n) is 1.60. The van der Waals surface area contributed by atoms with E-state index >= 15 is 0 Å². The lowest BCUT2D eigenvalue weighted by molar-refractivity contribution is 0.0515. The number of rotatable bonds is 2. The molecule has 0 aliphatic carbocycles. The topological polar surface area (TPSA) is 52.3 Å². The number of nitrogens with two attached hydrogens (primary N) is 1. The second kappa shape index (κ2) is 4.04. The number of hydrogen-bond donors (Lipinski definition) is 1. The molecule has 0 atom stereocenters. The summed E-state index contributed by atoms with van der Waals surface area (Å²) in [5.74, 6) is -3.10. The fourth-order valence-electron chi connectivity index (χ4n) is 0.959. The lowest BCUT2D eigenvalue weighted by atomic mass is 10.2. The molecule has 5 heteroatoms. The predicted molar refractivity (Wildman–Crippen MR) is 46.7 cm³/mol. The van der Waals surface area contributed by atoms with Crippen molar-refractivity contribution in [2.75, 3.05) is 12.3 Å².